The van der Waals surface area contributed by atoms with E-state index in [9.17, 15) is 20.0 Å². The number of amides is 1. The van der Waals surface area contributed by atoms with Crippen LogP contribution in [0.4, 0.5) is 4.79 Å². The number of hydrogen-bond acceptors (Lipinski definition) is 4. The van der Waals surface area contributed by atoms with Gasteiger partial charge in [0.1, 0.15) is 5.75 Å². The van der Waals surface area contributed by atoms with Crippen LogP contribution in [0.1, 0.15) is 71.7 Å². The summed E-state index contributed by atoms with van der Waals surface area (Å²) in [4.78, 5) is 25.2. The maximum Gasteiger partial charge on any atom is 0.405 e. The minimum atomic E-state index is -1.17. The minimum Gasteiger partial charge on any atom is -0.491 e. The van der Waals surface area contributed by atoms with Gasteiger partial charge in [-0.3, -0.25) is 4.79 Å². The summed E-state index contributed by atoms with van der Waals surface area (Å²) in [6, 6.07) is 6.35. The Morgan fingerprint density at radius 1 is 1.29 bits per heavy atom. The fourth-order valence-electron chi connectivity index (χ4n) is 3.63. The first-order chi connectivity index (χ1) is 14.5. The van der Waals surface area contributed by atoms with Gasteiger partial charge in [-0.05, 0) is 36.0 Å². The zero-order valence-electron chi connectivity index (χ0n) is 19.3. The van der Waals surface area contributed by atoms with E-state index < -0.39 is 17.6 Å². The van der Waals surface area contributed by atoms with E-state index in [1.807, 2.05) is 34.6 Å². The zero-order valence-corrected chi connectivity index (χ0v) is 19.3. The number of hydrogen-bond donors (Lipinski definition) is 2. The molecular formula is C24H33N3O4. The van der Waals surface area contributed by atoms with E-state index in [1.165, 1.54) is 0 Å². The lowest BCUT2D eigenvalue weighted by Crippen LogP contribution is -2.40. The number of rotatable bonds is 8. The van der Waals surface area contributed by atoms with Crippen molar-refractivity contribution in [3.63, 3.8) is 0 Å². The maximum absolute atomic E-state index is 13.5. The fourth-order valence-corrected chi connectivity index (χ4v) is 3.63. The predicted octanol–water partition coefficient (Wildman–Crippen LogP) is 5.06. The van der Waals surface area contributed by atoms with Gasteiger partial charge in [-0.15, -0.1) is 0 Å². The molecule has 0 saturated heterocycles. The third kappa shape index (κ3) is 5.57. The second-order valence-corrected chi connectivity index (χ2v) is 9.35. The molecule has 31 heavy (non-hydrogen) atoms. The van der Waals surface area contributed by atoms with Crippen molar-refractivity contribution in [1.82, 2.24) is 9.88 Å². The number of nitriles is 1. The Hall–Kier alpha value is -3.01. The molecule has 1 heterocycles. The van der Waals surface area contributed by atoms with Gasteiger partial charge in [0, 0.05) is 11.9 Å². The molecule has 1 aromatic carbocycles. The first-order valence-electron chi connectivity index (χ1n) is 10.7. The molecule has 2 aromatic rings. The number of aromatic nitrogens is 1. The first kappa shape index (κ1) is 24.3. The average molecular weight is 428 g/mol. The maximum atomic E-state index is 13.5. The van der Waals surface area contributed by atoms with E-state index in [4.69, 9.17) is 4.74 Å². The summed E-state index contributed by atoms with van der Waals surface area (Å²) in [6.07, 6.45) is 0.571. The Morgan fingerprint density at radius 3 is 2.48 bits per heavy atom. The molecule has 0 radical (unpaired) electrons. The Morgan fingerprint density at radius 2 is 1.97 bits per heavy atom. The monoisotopic (exact) mass is 427 g/mol. The Bertz CT molecular complexity index is 1040. The van der Waals surface area contributed by atoms with Crippen molar-refractivity contribution in [1.29, 1.82) is 5.26 Å². The third-order valence-corrected chi connectivity index (χ3v) is 5.09. The number of unbranched alkanes of at least 4 members (excludes halogenated alkanes) is 1. The topological polar surface area (TPSA) is 104 Å². The lowest BCUT2D eigenvalue weighted by Gasteiger charge is -2.34. The zero-order chi connectivity index (χ0) is 23.3. The smallest absolute Gasteiger partial charge is 0.405 e. The van der Waals surface area contributed by atoms with Gasteiger partial charge in [-0.25, -0.2) is 4.79 Å². The molecule has 0 aliphatic carbocycles. The Kier molecular flexibility index (Phi) is 7.72. The number of benzene rings is 1. The highest BCUT2D eigenvalue weighted by molar-refractivity contribution is 5.90. The highest BCUT2D eigenvalue weighted by atomic mass is 16.5. The molecule has 0 spiro atoms. The van der Waals surface area contributed by atoms with Gasteiger partial charge < -0.3 is 19.7 Å². The van der Waals surface area contributed by atoms with Crippen molar-refractivity contribution in [2.75, 3.05) is 6.61 Å². The van der Waals surface area contributed by atoms with Crippen molar-refractivity contribution in [2.24, 2.45) is 11.3 Å². The summed E-state index contributed by atoms with van der Waals surface area (Å²) in [5.41, 5.74) is 0.172. The van der Waals surface area contributed by atoms with Gasteiger partial charge in [0.05, 0.1) is 35.4 Å². The van der Waals surface area contributed by atoms with Crippen LogP contribution in [-0.2, 0) is 6.54 Å². The number of fused-ring (bicyclic) bond motifs is 1. The van der Waals surface area contributed by atoms with E-state index in [0.717, 1.165) is 12.8 Å². The van der Waals surface area contributed by atoms with Crippen molar-refractivity contribution < 1.29 is 14.6 Å². The van der Waals surface area contributed by atoms with Crippen molar-refractivity contribution in [2.45, 2.75) is 67.0 Å². The first-order valence-corrected chi connectivity index (χ1v) is 10.7. The molecule has 1 aromatic heterocycles. The van der Waals surface area contributed by atoms with Crippen LogP contribution in [-0.4, -0.2) is 22.4 Å². The van der Waals surface area contributed by atoms with Crippen molar-refractivity contribution >= 4 is 16.9 Å². The van der Waals surface area contributed by atoms with Crippen LogP contribution in [0.5, 0.6) is 5.75 Å². The van der Waals surface area contributed by atoms with Gasteiger partial charge in [-0.2, -0.15) is 5.26 Å². The van der Waals surface area contributed by atoms with E-state index in [1.54, 1.807) is 22.8 Å². The summed E-state index contributed by atoms with van der Waals surface area (Å²) in [6.45, 7) is 12.7. The predicted molar refractivity (Wildman–Crippen MR) is 122 cm³/mol. The minimum absolute atomic E-state index is 0.154. The summed E-state index contributed by atoms with van der Waals surface area (Å²) >= 11 is 0. The Balaban J connectivity index is 3.00. The molecule has 0 aliphatic rings. The number of pyridine rings is 1. The van der Waals surface area contributed by atoms with E-state index >= 15 is 0 Å². The molecule has 168 valence electrons. The summed E-state index contributed by atoms with van der Waals surface area (Å²) in [7, 11) is 0. The number of nitrogens with zero attached hydrogens (tertiary/aromatic N) is 2. The summed E-state index contributed by atoms with van der Waals surface area (Å²) < 4.78 is 7.87. The number of carbonyl (C=O) groups is 1. The molecule has 2 N–H and O–H groups in total. The van der Waals surface area contributed by atoms with Crippen molar-refractivity contribution in [3.8, 4) is 11.8 Å². The number of ether oxygens (including phenoxy) is 1. The van der Waals surface area contributed by atoms with Crippen LogP contribution < -0.4 is 15.6 Å². The SMILES string of the molecule is CCCCOc1c(C(NC(=O)O)C(C)(C)C)n(CC(C)C)c(=O)c2ccc(C#N)cc12. The van der Waals surface area contributed by atoms with Gasteiger partial charge in [0.25, 0.3) is 5.56 Å². The molecule has 0 saturated carbocycles. The second-order valence-electron chi connectivity index (χ2n) is 9.35. The molecule has 7 heteroatoms. The summed E-state index contributed by atoms with van der Waals surface area (Å²) in [5.74, 6) is 0.621. The lowest BCUT2D eigenvalue weighted by molar-refractivity contribution is 0.170. The molecule has 0 fully saturated rings. The number of nitrogens with one attached hydrogen (secondary N) is 1. The largest absolute Gasteiger partial charge is 0.491 e. The molecule has 1 amide bonds. The summed E-state index contributed by atoms with van der Waals surface area (Å²) in [5, 5.41) is 22.6. The number of carboxylic acid groups (broad SMARTS) is 1. The highest BCUT2D eigenvalue weighted by Gasteiger charge is 2.35. The second kappa shape index (κ2) is 9.86. The molecule has 1 atom stereocenters. The van der Waals surface area contributed by atoms with Gasteiger partial charge in [-0.1, -0.05) is 48.0 Å². The quantitative estimate of drug-likeness (QED) is 0.573. The standard InChI is InChI=1S/C24H33N3O4/c1-7-8-11-31-20-18-12-16(13-25)9-10-17(18)22(28)27(14-15(2)3)19(20)21(24(4,5)6)26-23(29)30/h9-10,12,15,21,26H,7-8,11,14H2,1-6H3,(H,29,30). The van der Waals surface area contributed by atoms with E-state index in [2.05, 4.69) is 18.3 Å². The van der Waals surface area contributed by atoms with Crippen molar-refractivity contribution in [3.05, 3.63) is 39.8 Å². The molecule has 0 aliphatic heterocycles. The fraction of sp³-hybridized carbons (Fsp3) is 0.542. The normalized spacial score (nSPS) is 12.6. The molecule has 0 bridgehead atoms. The van der Waals surface area contributed by atoms with Gasteiger partial charge in [0.2, 0.25) is 0 Å². The van der Waals surface area contributed by atoms with Crippen LogP contribution in [0, 0.1) is 22.7 Å². The van der Waals surface area contributed by atoms with Crippen LogP contribution in [0.25, 0.3) is 10.8 Å². The van der Waals surface area contributed by atoms with Crippen LogP contribution >= 0.6 is 0 Å². The average Bonchev–Trinajstić information content (AvgIpc) is 2.68. The van der Waals surface area contributed by atoms with E-state index in [0.29, 0.717) is 40.9 Å². The van der Waals surface area contributed by atoms with Crippen LogP contribution in [0.15, 0.2) is 23.0 Å². The Labute approximate surface area is 183 Å². The molecule has 1 unspecified atom stereocenters. The highest BCUT2D eigenvalue weighted by Crippen LogP contribution is 2.40. The molecular weight excluding hydrogens is 394 g/mol. The van der Waals surface area contributed by atoms with Gasteiger partial charge in [0.15, 0.2) is 0 Å². The van der Waals surface area contributed by atoms with E-state index in [-0.39, 0.29) is 11.5 Å². The van der Waals surface area contributed by atoms with Crippen LogP contribution in [0.2, 0.25) is 0 Å². The van der Waals surface area contributed by atoms with Crippen LogP contribution in [0.3, 0.4) is 0 Å². The molecule has 7 nitrogen and oxygen atoms in total. The molecule has 2 rings (SSSR count). The van der Waals surface area contributed by atoms with Gasteiger partial charge >= 0.3 is 6.09 Å². The lowest BCUT2D eigenvalue weighted by atomic mass is 9.83. The third-order valence-electron chi connectivity index (χ3n) is 5.09.